The number of aromatic nitrogens is 2. The summed E-state index contributed by atoms with van der Waals surface area (Å²) in [6.07, 6.45) is 1.55. The molecule has 1 aliphatic heterocycles. The van der Waals surface area contributed by atoms with Gasteiger partial charge in [-0.2, -0.15) is 4.98 Å². The van der Waals surface area contributed by atoms with Crippen LogP contribution in [0.2, 0.25) is 0 Å². The van der Waals surface area contributed by atoms with Gasteiger partial charge < -0.3 is 20.5 Å². The van der Waals surface area contributed by atoms with Gasteiger partial charge in [-0.25, -0.2) is 4.98 Å². The van der Waals surface area contributed by atoms with Crippen molar-refractivity contribution in [3.8, 4) is 0 Å². The predicted molar refractivity (Wildman–Crippen MR) is 85.1 cm³/mol. The van der Waals surface area contributed by atoms with Crippen molar-refractivity contribution in [2.24, 2.45) is 0 Å². The molecule has 0 spiro atoms. The van der Waals surface area contributed by atoms with Gasteiger partial charge in [0.25, 0.3) is 0 Å². The third kappa shape index (κ3) is 2.95. The highest BCUT2D eigenvalue weighted by molar-refractivity contribution is 7.16. The molecular formula is C14H20N4O2S. The van der Waals surface area contributed by atoms with Crippen LogP contribution in [-0.2, 0) is 4.74 Å². The zero-order chi connectivity index (χ0) is 14.7. The molecule has 21 heavy (non-hydrogen) atoms. The van der Waals surface area contributed by atoms with Crippen molar-refractivity contribution in [3.63, 3.8) is 0 Å². The molecule has 0 aromatic carbocycles. The summed E-state index contributed by atoms with van der Waals surface area (Å²) in [5.74, 6) is 1.41. The van der Waals surface area contributed by atoms with E-state index in [1.165, 1.54) is 0 Å². The molecule has 0 radical (unpaired) electrons. The normalized spacial score (nSPS) is 17.8. The molecule has 0 amide bonds. The largest absolute Gasteiger partial charge is 0.394 e. The lowest BCUT2D eigenvalue weighted by Gasteiger charge is -2.37. The molecule has 0 bridgehead atoms. The minimum atomic E-state index is -0.356. The Balaban J connectivity index is 1.96. The number of fused-ring (bicyclic) bond motifs is 1. The van der Waals surface area contributed by atoms with Gasteiger partial charge in [-0.15, -0.1) is 11.3 Å². The number of anilines is 2. The van der Waals surface area contributed by atoms with Gasteiger partial charge in [0.05, 0.1) is 17.5 Å². The molecule has 6 nitrogen and oxygen atoms in total. The predicted octanol–water partition coefficient (Wildman–Crippen LogP) is 2.08. The van der Waals surface area contributed by atoms with E-state index in [1.54, 1.807) is 11.3 Å². The van der Waals surface area contributed by atoms with Gasteiger partial charge in [-0.05, 0) is 31.2 Å². The number of nitrogens with one attached hydrogen (secondary N) is 2. The molecule has 1 aliphatic rings. The van der Waals surface area contributed by atoms with Gasteiger partial charge in [0, 0.05) is 19.8 Å². The number of rotatable bonds is 5. The number of hydrogen-bond acceptors (Lipinski definition) is 7. The smallest absolute Gasteiger partial charge is 0.226 e. The van der Waals surface area contributed by atoms with Gasteiger partial charge in [0.2, 0.25) is 5.95 Å². The molecule has 0 atom stereocenters. The van der Waals surface area contributed by atoms with Crippen molar-refractivity contribution in [2.75, 3.05) is 37.0 Å². The Labute approximate surface area is 127 Å². The van der Waals surface area contributed by atoms with Crippen LogP contribution in [0.3, 0.4) is 0 Å². The molecule has 0 saturated carbocycles. The number of nitrogens with zero attached hydrogens (tertiary/aromatic N) is 2. The zero-order valence-electron chi connectivity index (χ0n) is 12.1. The Bertz CT molecular complexity index is 610. The lowest BCUT2D eigenvalue weighted by atomic mass is 9.91. The SMILES string of the molecule is CCNc1nc(NC2(CO)CCOCC2)c2ccsc2n1. The van der Waals surface area contributed by atoms with Crippen molar-refractivity contribution in [1.82, 2.24) is 9.97 Å². The summed E-state index contributed by atoms with van der Waals surface area (Å²) < 4.78 is 5.40. The second kappa shape index (κ2) is 6.13. The van der Waals surface area contributed by atoms with E-state index in [2.05, 4.69) is 20.6 Å². The molecule has 2 aromatic heterocycles. The first-order valence-corrected chi connectivity index (χ1v) is 8.10. The lowest BCUT2D eigenvalue weighted by molar-refractivity contribution is 0.0379. The number of hydrogen-bond donors (Lipinski definition) is 3. The van der Waals surface area contributed by atoms with E-state index >= 15 is 0 Å². The van der Waals surface area contributed by atoms with E-state index in [0.717, 1.165) is 35.4 Å². The maximum atomic E-state index is 9.82. The van der Waals surface area contributed by atoms with Crippen LogP contribution >= 0.6 is 11.3 Å². The van der Waals surface area contributed by atoms with Crippen LogP contribution in [0, 0.1) is 0 Å². The summed E-state index contributed by atoms with van der Waals surface area (Å²) in [6, 6.07) is 2.02. The van der Waals surface area contributed by atoms with Crippen molar-refractivity contribution in [1.29, 1.82) is 0 Å². The lowest BCUT2D eigenvalue weighted by Crippen LogP contribution is -2.47. The van der Waals surface area contributed by atoms with Crippen LogP contribution in [0.15, 0.2) is 11.4 Å². The van der Waals surface area contributed by atoms with Crippen LogP contribution in [0.5, 0.6) is 0 Å². The molecule has 3 N–H and O–H groups in total. The topological polar surface area (TPSA) is 79.3 Å². The first kappa shape index (κ1) is 14.5. The average molecular weight is 308 g/mol. The van der Waals surface area contributed by atoms with Gasteiger partial charge >= 0.3 is 0 Å². The fraction of sp³-hybridized carbons (Fsp3) is 0.571. The molecule has 3 rings (SSSR count). The third-order valence-corrected chi connectivity index (χ3v) is 4.60. The highest BCUT2D eigenvalue weighted by Gasteiger charge is 2.33. The molecule has 0 unspecified atom stereocenters. The van der Waals surface area contributed by atoms with E-state index in [-0.39, 0.29) is 12.1 Å². The summed E-state index contributed by atoms with van der Waals surface area (Å²) in [5, 5.41) is 19.4. The quantitative estimate of drug-likeness (QED) is 0.785. The molecule has 3 heterocycles. The first-order valence-electron chi connectivity index (χ1n) is 7.22. The maximum Gasteiger partial charge on any atom is 0.226 e. The monoisotopic (exact) mass is 308 g/mol. The molecule has 0 aliphatic carbocycles. The molecule has 1 saturated heterocycles. The van der Waals surface area contributed by atoms with Crippen molar-refractivity contribution in [3.05, 3.63) is 11.4 Å². The minimum absolute atomic E-state index is 0.0720. The Kier molecular flexibility index (Phi) is 4.23. The third-order valence-electron chi connectivity index (χ3n) is 3.80. The highest BCUT2D eigenvalue weighted by atomic mass is 32.1. The van der Waals surface area contributed by atoms with Crippen LogP contribution < -0.4 is 10.6 Å². The number of ether oxygens (including phenoxy) is 1. The fourth-order valence-electron chi connectivity index (χ4n) is 2.52. The Morgan fingerprint density at radius 3 is 2.90 bits per heavy atom. The Hall–Kier alpha value is -1.44. The van der Waals surface area contributed by atoms with Crippen molar-refractivity contribution >= 4 is 33.3 Å². The highest BCUT2D eigenvalue weighted by Crippen LogP contribution is 2.31. The van der Waals surface area contributed by atoms with E-state index in [9.17, 15) is 5.11 Å². The summed E-state index contributed by atoms with van der Waals surface area (Å²) in [6.45, 7) is 4.18. The van der Waals surface area contributed by atoms with Crippen molar-refractivity contribution < 1.29 is 9.84 Å². The van der Waals surface area contributed by atoms with Gasteiger partial charge in [-0.3, -0.25) is 0 Å². The van der Waals surface area contributed by atoms with Gasteiger partial charge in [0.1, 0.15) is 10.6 Å². The summed E-state index contributed by atoms with van der Waals surface area (Å²) in [4.78, 5) is 10.0. The maximum absolute atomic E-state index is 9.82. The van der Waals surface area contributed by atoms with E-state index in [4.69, 9.17) is 4.74 Å². The summed E-state index contributed by atoms with van der Waals surface area (Å²) in [5.41, 5.74) is -0.356. The van der Waals surface area contributed by atoms with Crippen LogP contribution in [0.4, 0.5) is 11.8 Å². The Morgan fingerprint density at radius 1 is 1.38 bits per heavy atom. The van der Waals surface area contributed by atoms with Gasteiger partial charge in [-0.1, -0.05) is 0 Å². The fourth-order valence-corrected chi connectivity index (χ4v) is 3.29. The van der Waals surface area contributed by atoms with E-state index < -0.39 is 0 Å². The van der Waals surface area contributed by atoms with Crippen LogP contribution in [-0.4, -0.2) is 47.0 Å². The van der Waals surface area contributed by atoms with Crippen LogP contribution in [0.1, 0.15) is 19.8 Å². The second-order valence-electron chi connectivity index (χ2n) is 5.24. The number of thiophene rings is 1. The Morgan fingerprint density at radius 2 is 2.19 bits per heavy atom. The number of aliphatic hydroxyl groups excluding tert-OH is 1. The molecular weight excluding hydrogens is 288 g/mol. The second-order valence-corrected chi connectivity index (χ2v) is 6.14. The standard InChI is InChI=1S/C14H20N4O2S/c1-2-15-13-16-11(10-3-8-21-12(10)17-13)18-14(9-19)4-6-20-7-5-14/h3,8,19H,2,4-7,9H2,1H3,(H2,15,16,17,18). The van der Waals surface area contributed by atoms with Crippen LogP contribution in [0.25, 0.3) is 10.2 Å². The average Bonchev–Trinajstić information content (AvgIpc) is 2.97. The first-order chi connectivity index (χ1) is 10.3. The van der Waals surface area contributed by atoms with E-state index in [0.29, 0.717) is 19.2 Å². The molecule has 1 fully saturated rings. The van der Waals surface area contributed by atoms with E-state index in [1.807, 2.05) is 18.4 Å². The number of aliphatic hydroxyl groups is 1. The molecule has 114 valence electrons. The molecule has 2 aromatic rings. The van der Waals surface area contributed by atoms with Gasteiger partial charge in [0.15, 0.2) is 0 Å². The van der Waals surface area contributed by atoms with Crippen molar-refractivity contribution in [2.45, 2.75) is 25.3 Å². The minimum Gasteiger partial charge on any atom is -0.394 e. The molecule has 7 heteroatoms. The summed E-state index contributed by atoms with van der Waals surface area (Å²) >= 11 is 1.59. The summed E-state index contributed by atoms with van der Waals surface area (Å²) in [7, 11) is 0. The zero-order valence-corrected chi connectivity index (χ0v) is 12.9.